The zero-order chi connectivity index (χ0) is 17.9. The van der Waals surface area contributed by atoms with Crippen molar-refractivity contribution in [1.82, 2.24) is 0 Å². The number of rotatable bonds is 3. The maximum absolute atomic E-state index is 2.42. The molecule has 1 heterocycles. The van der Waals surface area contributed by atoms with Crippen LogP contribution in [0.25, 0.3) is 22.4 Å². The molecule has 0 bridgehead atoms. The number of benzene rings is 2. The average molecular weight is 343 g/mol. The number of nitrogens with zero attached hydrogens (tertiary/aromatic N) is 1. The molecule has 0 unspecified atom stereocenters. The molecule has 3 aromatic rings. The van der Waals surface area contributed by atoms with E-state index < -0.39 is 0 Å². The van der Waals surface area contributed by atoms with Gasteiger partial charge in [0, 0.05) is 17.2 Å². The van der Waals surface area contributed by atoms with Crippen LogP contribution in [0.4, 0.5) is 0 Å². The largest absolute Gasteiger partial charge is 0.213 e. The van der Waals surface area contributed by atoms with E-state index in [0.29, 0.717) is 5.92 Å². The van der Waals surface area contributed by atoms with E-state index in [1.165, 1.54) is 65.6 Å². The van der Waals surface area contributed by atoms with E-state index in [4.69, 9.17) is 0 Å². The van der Waals surface area contributed by atoms with Gasteiger partial charge in [-0.05, 0) is 48.4 Å². The second kappa shape index (κ2) is 7.45. The van der Waals surface area contributed by atoms with E-state index in [2.05, 4.69) is 85.4 Å². The Morgan fingerprint density at radius 2 is 1.50 bits per heavy atom. The molecule has 1 aliphatic carbocycles. The molecule has 2 aromatic carbocycles. The third-order valence-corrected chi connectivity index (χ3v) is 5.86. The molecule has 0 aliphatic heterocycles. The molecular formula is C25H28N+. The monoisotopic (exact) mass is 342 g/mol. The van der Waals surface area contributed by atoms with Gasteiger partial charge in [0.15, 0.2) is 6.20 Å². The van der Waals surface area contributed by atoms with Crippen LogP contribution in [0.2, 0.25) is 0 Å². The van der Waals surface area contributed by atoms with Crippen molar-refractivity contribution in [3.8, 4) is 22.4 Å². The van der Waals surface area contributed by atoms with Gasteiger partial charge in [0.1, 0.15) is 7.05 Å². The van der Waals surface area contributed by atoms with Crippen LogP contribution in [0.5, 0.6) is 0 Å². The van der Waals surface area contributed by atoms with Gasteiger partial charge in [-0.1, -0.05) is 67.8 Å². The van der Waals surface area contributed by atoms with Gasteiger partial charge in [0.2, 0.25) is 5.69 Å². The highest BCUT2D eigenvalue weighted by Crippen LogP contribution is 2.38. The lowest BCUT2D eigenvalue weighted by molar-refractivity contribution is -0.660. The summed E-state index contributed by atoms with van der Waals surface area (Å²) in [5.41, 5.74) is 8.21. The van der Waals surface area contributed by atoms with Crippen molar-refractivity contribution < 1.29 is 4.57 Å². The predicted molar refractivity (Wildman–Crippen MR) is 109 cm³/mol. The van der Waals surface area contributed by atoms with Crippen LogP contribution in [0, 0.1) is 6.92 Å². The van der Waals surface area contributed by atoms with Crippen molar-refractivity contribution in [3.63, 3.8) is 0 Å². The van der Waals surface area contributed by atoms with Crippen molar-refractivity contribution in [2.75, 3.05) is 0 Å². The lowest BCUT2D eigenvalue weighted by Crippen LogP contribution is -2.32. The molecule has 0 saturated heterocycles. The Balaban J connectivity index is 1.90. The smallest absolute Gasteiger partial charge is 0.201 e. The van der Waals surface area contributed by atoms with E-state index >= 15 is 0 Å². The second-order valence-corrected chi connectivity index (χ2v) is 7.65. The zero-order valence-corrected chi connectivity index (χ0v) is 15.9. The molecule has 1 nitrogen and oxygen atoms in total. The van der Waals surface area contributed by atoms with Crippen molar-refractivity contribution in [3.05, 3.63) is 78.0 Å². The summed E-state index contributed by atoms with van der Waals surface area (Å²) in [4.78, 5) is 0. The Kier molecular flexibility index (Phi) is 4.88. The standard InChI is InChI=1S/C25H28N/c1-19-11-9-10-16-22(19)25-17-23(20-12-5-3-6-13-20)24(18-26(25)2)21-14-7-4-8-15-21/h3,5-6,9-13,16-18,21H,4,7-8,14-15H2,1-2H3/q+1. The van der Waals surface area contributed by atoms with Gasteiger partial charge in [-0.15, -0.1) is 0 Å². The van der Waals surface area contributed by atoms with Crippen molar-refractivity contribution in [1.29, 1.82) is 0 Å². The summed E-state index contributed by atoms with van der Waals surface area (Å²) in [6, 6.07) is 22.0. The fraction of sp³-hybridized carbons (Fsp3) is 0.320. The van der Waals surface area contributed by atoms with Gasteiger partial charge in [-0.3, -0.25) is 0 Å². The number of hydrogen-bond acceptors (Lipinski definition) is 0. The first-order valence-corrected chi connectivity index (χ1v) is 9.89. The first kappa shape index (κ1) is 17.0. The summed E-state index contributed by atoms with van der Waals surface area (Å²) in [6.45, 7) is 2.20. The minimum Gasteiger partial charge on any atom is -0.201 e. The van der Waals surface area contributed by atoms with E-state index in [1.807, 2.05) is 0 Å². The molecule has 132 valence electrons. The number of pyridine rings is 1. The van der Waals surface area contributed by atoms with Gasteiger partial charge in [0.05, 0.1) is 0 Å². The summed E-state index contributed by atoms with van der Waals surface area (Å²) >= 11 is 0. The fourth-order valence-corrected chi connectivity index (χ4v) is 4.40. The van der Waals surface area contributed by atoms with Crippen LogP contribution < -0.4 is 4.57 Å². The van der Waals surface area contributed by atoms with Crippen LogP contribution in [0.3, 0.4) is 0 Å². The highest BCUT2D eigenvalue weighted by Gasteiger charge is 2.24. The van der Waals surface area contributed by atoms with Crippen LogP contribution >= 0.6 is 0 Å². The highest BCUT2D eigenvalue weighted by molar-refractivity contribution is 5.73. The van der Waals surface area contributed by atoms with Gasteiger partial charge in [0.25, 0.3) is 0 Å². The topological polar surface area (TPSA) is 3.88 Å². The molecule has 0 atom stereocenters. The molecule has 0 amide bonds. The maximum Gasteiger partial charge on any atom is 0.213 e. The molecule has 1 aromatic heterocycles. The van der Waals surface area contributed by atoms with Gasteiger partial charge < -0.3 is 0 Å². The molecular weight excluding hydrogens is 314 g/mol. The normalized spacial score (nSPS) is 15.2. The minimum atomic E-state index is 0.691. The number of aryl methyl sites for hydroxylation is 2. The summed E-state index contributed by atoms with van der Waals surface area (Å²) in [7, 11) is 2.20. The van der Waals surface area contributed by atoms with Gasteiger partial charge >= 0.3 is 0 Å². The molecule has 0 spiro atoms. The third-order valence-electron chi connectivity index (χ3n) is 5.86. The van der Waals surface area contributed by atoms with Crippen LogP contribution in [-0.4, -0.2) is 0 Å². The number of aromatic nitrogens is 1. The summed E-state index contributed by atoms with van der Waals surface area (Å²) in [6.07, 6.45) is 9.17. The van der Waals surface area contributed by atoms with E-state index in [0.717, 1.165) is 0 Å². The Morgan fingerprint density at radius 3 is 2.23 bits per heavy atom. The molecule has 0 N–H and O–H groups in total. The molecule has 1 saturated carbocycles. The van der Waals surface area contributed by atoms with Gasteiger partial charge in [-0.2, -0.15) is 0 Å². The Morgan fingerprint density at radius 1 is 0.808 bits per heavy atom. The minimum absolute atomic E-state index is 0.691. The van der Waals surface area contributed by atoms with Crippen molar-refractivity contribution in [2.45, 2.75) is 44.9 Å². The molecule has 4 rings (SSSR count). The van der Waals surface area contributed by atoms with Crippen LogP contribution in [0.1, 0.15) is 49.1 Å². The summed E-state index contributed by atoms with van der Waals surface area (Å²) in [5.74, 6) is 0.691. The quantitative estimate of drug-likeness (QED) is 0.499. The summed E-state index contributed by atoms with van der Waals surface area (Å²) in [5, 5.41) is 0. The molecule has 1 heteroatoms. The maximum atomic E-state index is 2.42. The Bertz CT molecular complexity index is 889. The molecule has 26 heavy (non-hydrogen) atoms. The SMILES string of the molecule is Cc1ccccc1-c1cc(-c2ccccc2)c(C2CCCCC2)c[n+]1C. The first-order chi connectivity index (χ1) is 12.7. The van der Waals surface area contributed by atoms with Crippen LogP contribution in [-0.2, 0) is 7.05 Å². The van der Waals surface area contributed by atoms with Crippen LogP contribution in [0.15, 0.2) is 66.9 Å². The van der Waals surface area contributed by atoms with Gasteiger partial charge in [-0.25, -0.2) is 4.57 Å². The summed E-state index contributed by atoms with van der Waals surface area (Å²) < 4.78 is 2.33. The fourth-order valence-electron chi connectivity index (χ4n) is 4.40. The Labute approximate surface area is 157 Å². The zero-order valence-electron chi connectivity index (χ0n) is 15.9. The van der Waals surface area contributed by atoms with Crippen molar-refractivity contribution >= 4 is 0 Å². The highest BCUT2D eigenvalue weighted by atomic mass is 14.9. The van der Waals surface area contributed by atoms with E-state index in [-0.39, 0.29) is 0 Å². The number of hydrogen-bond donors (Lipinski definition) is 0. The predicted octanol–water partition coefficient (Wildman–Crippen LogP) is 6.20. The lowest BCUT2D eigenvalue weighted by atomic mass is 9.81. The van der Waals surface area contributed by atoms with E-state index in [9.17, 15) is 0 Å². The molecule has 0 radical (unpaired) electrons. The lowest BCUT2D eigenvalue weighted by Gasteiger charge is -2.24. The first-order valence-electron chi connectivity index (χ1n) is 9.89. The molecule has 1 fully saturated rings. The second-order valence-electron chi connectivity index (χ2n) is 7.65. The average Bonchev–Trinajstić information content (AvgIpc) is 2.70. The van der Waals surface area contributed by atoms with Crippen molar-refractivity contribution in [2.24, 2.45) is 7.05 Å². The Hall–Kier alpha value is -2.41. The van der Waals surface area contributed by atoms with E-state index in [1.54, 1.807) is 0 Å². The molecule has 1 aliphatic rings. The third kappa shape index (κ3) is 3.31.